The number of hydrogen-bond donors (Lipinski definition) is 0. The molecular weight excluding hydrogens is 117 g/mol. The second-order valence-electron chi connectivity index (χ2n) is 1.73. The van der Waals surface area contributed by atoms with Crippen LogP contribution in [-0.4, -0.2) is 11.7 Å². The minimum Gasteiger partial charge on any atom is -0.255 e. The van der Waals surface area contributed by atoms with E-state index in [9.17, 15) is 4.39 Å². The van der Waals surface area contributed by atoms with Crippen molar-refractivity contribution in [3.8, 4) is 0 Å². The lowest BCUT2D eigenvalue weighted by Gasteiger charge is -1.91. The smallest absolute Gasteiger partial charge is 0.0934 e. The van der Waals surface area contributed by atoms with Gasteiger partial charge in [-0.3, -0.25) is 9.37 Å². The van der Waals surface area contributed by atoms with Crippen LogP contribution in [0.4, 0.5) is 4.39 Å². The summed E-state index contributed by atoms with van der Waals surface area (Å²) in [5, 5.41) is 0. The molecule has 2 heteroatoms. The molecule has 0 saturated carbocycles. The molecule has 0 saturated heterocycles. The standard InChI is InChI=1S/C7H7FN/c8-4-1-7-2-5-9-6-3-7/h2-3,5H,1,4H2. The van der Waals surface area contributed by atoms with Crippen molar-refractivity contribution < 1.29 is 4.39 Å². The van der Waals surface area contributed by atoms with E-state index in [4.69, 9.17) is 0 Å². The average molecular weight is 124 g/mol. The number of rotatable bonds is 2. The van der Waals surface area contributed by atoms with E-state index in [0.29, 0.717) is 6.42 Å². The van der Waals surface area contributed by atoms with E-state index < -0.39 is 0 Å². The molecule has 0 unspecified atom stereocenters. The Morgan fingerprint density at radius 1 is 1.67 bits per heavy atom. The van der Waals surface area contributed by atoms with Gasteiger partial charge in [0.1, 0.15) is 0 Å². The lowest BCUT2D eigenvalue weighted by molar-refractivity contribution is 0.495. The first kappa shape index (κ1) is 6.20. The number of aromatic nitrogens is 1. The molecule has 0 bridgehead atoms. The molecule has 1 aromatic rings. The molecule has 0 N–H and O–H groups in total. The van der Waals surface area contributed by atoms with Gasteiger partial charge in [0.15, 0.2) is 0 Å². The van der Waals surface area contributed by atoms with Crippen LogP contribution in [0.2, 0.25) is 0 Å². The van der Waals surface area contributed by atoms with Crippen molar-refractivity contribution in [2.24, 2.45) is 0 Å². The zero-order valence-corrected chi connectivity index (χ0v) is 4.97. The zero-order valence-electron chi connectivity index (χ0n) is 4.97. The molecule has 0 spiro atoms. The number of aryl methyl sites for hydroxylation is 1. The van der Waals surface area contributed by atoms with Crippen molar-refractivity contribution in [1.82, 2.24) is 4.98 Å². The third kappa shape index (κ3) is 1.80. The molecule has 0 amide bonds. The van der Waals surface area contributed by atoms with Crippen LogP contribution in [0.5, 0.6) is 0 Å². The second kappa shape index (κ2) is 3.17. The molecule has 0 aliphatic heterocycles. The molecule has 0 aliphatic rings. The summed E-state index contributed by atoms with van der Waals surface area (Å²) in [6.45, 7) is -0.308. The van der Waals surface area contributed by atoms with Crippen molar-refractivity contribution in [1.29, 1.82) is 0 Å². The Hall–Kier alpha value is -0.920. The fourth-order valence-corrected chi connectivity index (χ4v) is 0.609. The van der Waals surface area contributed by atoms with Crippen molar-refractivity contribution in [2.45, 2.75) is 6.42 Å². The quantitative estimate of drug-likeness (QED) is 0.580. The maximum Gasteiger partial charge on any atom is 0.0934 e. The van der Waals surface area contributed by atoms with Crippen LogP contribution in [0, 0.1) is 6.20 Å². The monoisotopic (exact) mass is 124 g/mol. The fraction of sp³-hybridized carbons (Fsp3) is 0.286. The van der Waals surface area contributed by atoms with Crippen LogP contribution in [0.1, 0.15) is 5.56 Å². The molecule has 0 aromatic carbocycles. The summed E-state index contributed by atoms with van der Waals surface area (Å²) in [5.74, 6) is 0. The molecule has 1 nitrogen and oxygen atoms in total. The number of alkyl halides is 1. The maximum absolute atomic E-state index is 11.6. The highest BCUT2D eigenvalue weighted by atomic mass is 19.1. The van der Waals surface area contributed by atoms with Gasteiger partial charge >= 0.3 is 0 Å². The third-order valence-electron chi connectivity index (χ3n) is 1.07. The van der Waals surface area contributed by atoms with Gasteiger partial charge in [0.25, 0.3) is 0 Å². The largest absolute Gasteiger partial charge is 0.255 e. The van der Waals surface area contributed by atoms with E-state index in [-0.39, 0.29) is 6.67 Å². The van der Waals surface area contributed by atoms with Crippen molar-refractivity contribution in [3.63, 3.8) is 0 Å². The highest BCUT2D eigenvalue weighted by Gasteiger charge is 1.87. The highest BCUT2D eigenvalue weighted by Crippen LogP contribution is 1.95. The molecule has 1 heterocycles. The Morgan fingerprint density at radius 2 is 2.56 bits per heavy atom. The molecule has 47 valence electrons. The number of nitrogens with zero attached hydrogens (tertiary/aromatic N) is 1. The van der Waals surface area contributed by atoms with Crippen molar-refractivity contribution >= 4 is 0 Å². The first-order valence-corrected chi connectivity index (χ1v) is 2.80. The molecule has 1 rings (SSSR count). The van der Waals surface area contributed by atoms with Crippen LogP contribution in [0.25, 0.3) is 0 Å². The van der Waals surface area contributed by atoms with E-state index in [1.165, 1.54) is 0 Å². The maximum atomic E-state index is 11.6. The second-order valence-corrected chi connectivity index (χ2v) is 1.73. The van der Waals surface area contributed by atoms with Gasteiger partial charge < -0.3 is 0 Å². The van der Waals surface area contributed by atoms with Gasteiger partial charge in [-0.1, -0.05) is 0 Å². The minimum absolute atomic E-state index is 0.308. The van der Waals surface area contributed by atoms with E-state index in [1.807, 2.05) is 0 Å². The molecule has 0 atom stereocenters. The molecule has 1 radical (unpaired) electrons. The lowest BCUT2D eigenvalue weighted by atomic mass is 10.2. The Labute approximate surface area is 53.5 Å². The van der Waals surface area contributed by atoms with Crippen LogP contribution >= 0.6 is 0 Å². The normalized spacial score (nSPS) is 9.44. The van der Waals surface area contributed by atoms with Crippen LogP contribution in [-0.2, 0) is 6.42 Å². The molecule has 0 fully saturated rings. The van der Waals surface area contributed by atoms with Gasteiger partial charge in [0, 0.05) is 12.6 Å². The van der Waals surface area contributed by atoms with Gasteiger partial charge in [-0.05, 0) is 17.7 Å². The lowest BCUT2D eigenvalue weighted by Crippen LogP contribution is -1.85. The summed E-state index contributed by atoms with van der Waals surface area (Å²) in [6, 6.07) is 3.48. The molecule has 1 aromatic heterocycles. The van der Waals surface area contributed by atoms with Crippen molar-refractivity contribution in [3.05, 3.63) is 30.1 Å². The topological polar surface area (TPSA) is 12.9 Å². The Bertz CT molecular complexity index is 162. The van der Waals surface area contributed by atoms with Gasteiger partial charge in [0.2, 0.25) is 0 Å². The Kier molecular flexibility index (Phi) is 2.19. The summed E-state index contributed by atoms with van der Waals surface area (Å²) in [7, 11) is 0. The Morgan fingerprint density at radius 3 is 3.11 bits per heavy atom. The highest BCUT2D eigenvalue weighted by molar-refractivity contribution is 5.08. The van der Waals surface area contributed by atoms with Gasteiger partial charge in [-0.15, -0.1) is 0 Å². The first-order chi connectivity index (χ1) is 4.43. The Balaban J connectivity index is 2.61. The van der Waals surface area contributed by atoms with Gasteiger partial charge in [0.05, 0.1) is 12.9 Å². The van der Waals surface area contributed by atoms with E-state index in [2.05, 4.69) is 11.2 Å². The average Bonchev–Trinajstić information content (AvgIpc) is 1.91. The summed E-state index contributed by atoms with van der Waals surface area (Å²) < 4.78 is 11.6. The predicted molar refractivity (Wildman–Crippen MR) is 32.8 cm³/mol. The van der Waals surface area contributed by atoms with E-state index in [0.717, 1.165) is 5.56 Å². The summed E-state index contributed by atoms with van der Waals surface area (Å²) in [4.78, 5) is 3.68. The molecule has 0 aliphatic carbocycles. The van der Waals surface area contributed by atoms with Crippen LogP contribution in [0.15, 0.2) is 18.3 Å². The predicted octanol–water partition coefficient (Wildman–Crippen LogP) is 1.39. The zero-order chi connectivity index (χ0) is 6.53. The minimum atomic E-state index is -0.308. The molecule has 9 heavy (non-hydrogen) atoms. The van der Waals surface area contributed by atoms with Crippen LogP contribution < -0.4 is 0 Å². The van der Waals surface area contributed by atoms with Crippen LogP contribution in [0.3, 0.4) is 0 Å². The number of pyridine rings is 1. The third-order valence-corrected chi connectivity index (χ3v) is 1.07. The summed E-state index contributed by atoms with van der Waals surface area (Å²) in [6.07, 6.45) is 4.72. The van der Waals surface area contributed by atoms with Crippen molar-refractivity contribution in [2.75, 3.05) is 6.67 Å². The van der Waals surface area contributed by atoms with Gasteiger partial charge in [-0.25, -0.2) is 0 Å². The van der Waals surface area contributed by atoms with E-state index in [1.54, 1.807) is 18.3 Å². The summed E-state index contributed by atoms with van der Waals surface area (Å²) >= 11 is 0. The SMILES string of the molecule is FCCc1c[c]ncc1. The fourth-order valence-electron chi connectivity index (χ4n) is 0.609. The number of hydrogen-bond acceptors (Lipinski definition) is 1. The van der Waals surface area contributed by atoms with E-state index >= 15 is 0 Å². The number of halogens is 1. The van der Waals surface area contributed by atoms with Gasteiger partial charge in [-0.2, -0.15) is 0 Å². The first-order valence-electron chi connectivity index (χ1n) is 2.80. The molecular formula is C7H7FN. The summed E-state index contributed by atoms with van der Waals surface area (Å²) in [5.41, 5.74) is 0.951.